The molecule has 1 fully saturated rings. The molecular formula is C22H24N4O4. The van der Waals surface area contributed by atoms with E-state index in [1.807, 2.05) is 0 Å². The van der Waals surface area contributed by atoms with Gasteiger partial charge in [0.2, 0.25) is 0 Å². The molecule has 1 saturated carbocycles. The second kappa shape index (κ2) is 8.62. The van der Waals surface area contributed by atoms with E-state index in [4.69, 9.17) is 4.74 Å². The zero-order valence-corrected chi connectivity index (χ0v) is 16.7. The summed E-state index contributed by atoms with van der Waals surface area (Å²) in [4.78, 5) is 29.0. The van der Waals surface area contributed by atoms with E-state index in [0.717, 1.165) is 36.8 Å². The van der Waals surface area contributed by atoms with Crippen molar-refractivity contribution >= 4 is 28.5 Å². The van der Waals surface area contributed by atoms with E-state index in [9.17, 15) is 14.7 Å². The number of anilines is 1. The van der Waals surface area contributed by atoms with Gasteiger partial charge in [-0.05, 0) is 55.9 Å². The molecule has 0 radical (unpaired) electrons. The number of esters is 1. The van der Waals surface area contributed by atoms with Crippen LogP contribution in [0.25, 0.3) is 10.9 Å². The summed E-state index contributed by atoms with van der Waals surface area (Å²) >= 11 is 0. The van der Waals surface area contributed by atoms with Crippen LogP contribution < -0.4 is 5.32 Å². The molecule has 2 heterocycles. The first-order chi connectivity index (χ1) is 14.6. The first-order valence-corrected chi connectivity index (χ1v) is 10.0. The molecular weight excluding hydrogens is 384 g/mol. The first kappa shape index (κ1) is 20.0. The van der Waals surface area contributed by atoms with Crippen LogP contribution >= 0.6 is 0 Å². The van der Waals surface area contributed by atoms with Gasteiger partial charge in [-0.15, -0.1) is 0 Å². The molecule has 1 amide bonds. The Morgan fingerprint density at radius 2 is 2.03 bits per heavy atom. The van der Waals surface area contributed by atoms with Gasteiger partial charge in [0.1, 0.15) is 5.69 Å². The maximum atomic E-state index is 12.6. The van der Waals surface area contributed by atoms with Crippen molar-refractivity contribution in [3.8, 4) is 0 Å². The van der Waals surface area contributed by atoms with Crippen LogP contribution in [-0.4, -0.2) is 45.9 Å². The van der Waals surface area contributed by atoms with Gasteiger partial charge in [-0.25, -0.2) is 4.79 Å². The number of nitrogens with zero attached hydrogens (tertiary/aromatic N) is 2. The fourth-order valence-electron chi connectivity index (χ4n) is 4.09. The Balaban J connectivity index is 1.70. The van der Waals surface area contributed by atoms with Crippen molar-refractivity contribution in [3.05, 3.63) is 53.5 Å². The molecule has 2 aromatic heterocycles. The van der Waals surface area contributed by atoms with E-state index in [-0.39, 0.29) is 17.9 Å². The lowest BCUT2D eigenvalue weighted by molar-refractivity contribution is 0.0602. The maximum absolute atomic E-state index is 12.6. The zero-order valence-electron chi connectivity index (χ0n) is 16.7. The van der Waals surface area contributed by atoms with Crippen molar-refractivity contribution in [1.29, 1.82) is 0 Å². The number of amides is 1. The highest BCUT2D eigenvalue weighted by atomic mass is 16.5. The van der Waals surface area contributed by atoms with Crippen molar-refractivity contribution in [2.75, 3.05) is 19.0 Å². The number of H-pyrrole nitrogens is 1. The number of aliphatic hydroxyl groups excluding tert-OH is 1. The van der Waals surface area contributed by atoms with Crippen LogP contribution in [0.1, 0.15) is 58.1 Å². The Morgan fingerprint density at radius 1 is 1.23 bits per heavy atom. The second-order valence-corrected chi connectivity index (χ2v) is 7.61. The van der Waals surface area contributed by atoms with E-state index >= 15 is 0 Å². The highest BCUT2D eigenvalue weighted by Crippen LogP contribution is 2.38. The molecule has 156 valence electrons. The quantitative estimate of drug-likeness (QED) is 0.558. The minimum Gasteiger partial charge on any atom is -0.465 e. The zero-order chi connectivity index (χ0) is 21.1. The van der Waals surface area contributed by atoms with Gasteiger partial charge >= 0.3 is 5.97 Å². The topological polar surface area (TPSA) is 117 Å². The lowest BCUT2D eigenvalue weighted by Crippen LogP contribution is -2.17. The minimum absolute atomic E-state index is 0.225. The number of fused-ring (bicyclic) bond motifs is 1. The van der Waals surface area contributed by atoms with Crippen LogP contribution in [0.15, 0.2) is 36.5 Å². The number of aromatic amines is 1. The molecule has 8 nitrogen and oxygen atoms in total. The fourth-order valence-corrected chi connectivity index (χ4v) is 4.09. The average molecular weight is 408 g/mol. The number of aliphatic hydroxyl groups is 1. The van der Waals surface area contributed by atoms with Gasteiger partial charge < -0.3 is 15.2 Å². The molecule has 1 aliphatic carbocycles. The van der Waals surface area contributed by atoms with E-state index in [1.165, 1.54) is 13.3 Å². The van der Waals surface area contributed by atoms with Crippen molar-refractivity contribution in [2.45, 2.75) is 31.6 Å². The van der Waals surface area contributed by atoms with Crippen molar-refractivity contribution < 1.29 is 19.4 Å². The van der Waals surface area contributed by atoms with Crippen molar-refractivity contribution in [1.82, 2.24) is 15.2 Å². The lowest BCUT2D eigenvalue weighted by atomic mass is 9.80. The van der Waals surface area contributed by atoms with Crippen LogP contribution in [0.3, 0.4) is 0 Å². The third-order valence-corrected chi connectivity index (χ3v) is 5.79. The van der Waals surface area contributed by atoms with Crippen LogP contribution in [0.2, 0.25) is 0 Å². The standard InChI is InChI=1S/C22H24N4O4/c1-30-22(29)16-11-19-15(10-18(16)24-21(28)17-4-2-3-9-23-17)20(26-25-19)14-7-5-13(12-27)6-8-14/h2-4,9-11,13-14,27H,5-8,12H2,1H3,(H,24,28)(H,25,26). The number of hydrogen-bond acceptors (Lipinski definition) is 6. The van der Waals surface area contributed by atoms with Crippen LogP contribution in [-0.2, 0) is 4.74 Å². The smallest absolute Gasteiger partial charge is 0.340 e. The average Bonchev–Trinajstić information content (AvgIpc) is 3.21. The molecule has 3 aromatic rings. The highest BCUT2D eigenvalue weighted by molar-refractivity contribution is 6.09. The molecule has 4 rings (SSSR count). The van der Waals surface area contributed by atoms with Crippen LogP contribution in [0.4, 0.5) is 5.69 Å². The maximum Gasteiger partial charge on any atom is 0.340 e. The lowest BCUT2D eigenvalue weighted by Gasteiger charge is -2.26. The molecule has 1 aliphatic rings. The Hall–Kier alpha value is -3.26. The molecule has 0 unspecified atom stereocenters. The number of benzene rings is 1. The number of methoxy groups -OCH3 is 1. The predicted molar refractivity (Wildman–Crippen MR) is 111 cm³/mol. The van der Waals surface area contributed by atoms with Crippen LogP contribution in [0, 0.1) is 5.92 Å². The number of ether oxygens (including phenoxy) is 1. The molecule has 0 bridgehead atoms. The number of aromatic nitrogens is 3. The summed E-state index contributed by atoms with van der Waals surface area (Å²) in [6, 6.07) is 8.47. The van der Waals surface area contributed by atoms with Gasteiger partial charge in [-0.2, -0.15) is 5.10 Å². The van der Waals surface area contributed by atoms with Gasteiger partial charge in [0.25, 0.3) is 5.91 Å². The number of carbonyl (C=O) groups is 2. The van der Waals surface area contributed by atoms with E-state index in [1.54, 1.807) is 30.3 Å². The molecule has 1 aromatic carbocycles. The van der Waals surface area contributed by atoms with Crippen LogP contribution in [0.5, 0.6) is 0 Å². The molecule has 0 atom stereocenters. The predicted octanol–water partition coefficient (Wildman–Crippen LogP) is 3.26. The van der Waals surface area contributed by atoms with Gasteiger partial charge in [0.05, 0.1) is 23.9 Å². The molecule has 0 spiro atoms. The Kier molecular flexibility index (Phi) is 5.76. The normalized spacial score (nSPS) is 18.9. The van der Waals surface area contributed by atoms with Crippen molar-refractivity contribution in [3.63, 3.8) is 0 Å². The summed E-state index contributed by atoms with van der Waals surface area (Å²) in [6.45, 7) is 0.225. The van der Waals surface area contributed by atoms with Gasteiger partial charge in [0.15, 0.2) is 0 Å². The van der Waals surface area contributed by atoms with Gasteiger partial charge in [0, 0.05) is 29.8 Å². The number of pyridine rings is 1. The first-order valence-electron chi connectivity index (χ1n) is 10.0. The molecule has 0 aliphatic heterocycles. The van der Waals surface area contributed by atoms with Gasteiger partial charge in [-0.3, -0.25) is 14.9 Å². The Morgan fingerprint density at radius 3 is 2.70 bits per heavy atom. The molecule has 8 heteroatoms. The van der Waals surface area contributed by atoms with Gasteiger partial charge in [-0.1, -0.05) is 6.07 Å². The second-order valence-electron chi connectivity index (χ2n) is 7.61. The Labute approximate surface area is 173 Å². The van der Waals surface area contributed by atoms with Crippen molar-refractivity contribution in [2.24, 2.45) is 5.92 Å². The van der Waals surface area contributed by atoms with E-state index in [2.05, 4.69) is 20.5 Å². The largest absolute Gasteiger partial charge is 0.465 e. The summed E-state index contributed by atoms with van der Waals surface area (Å²) in [5.74, 6) is -0.314. The molecule has 30 heavy (non-hydrogen) atoms. The third-order valence-electron chi connectivity index (χ3n) is 5.79. The number of rotatable bonds is 5. The summed E-state index contributed by atoms with van der Waals surface area (Å²) in [5.41, 5.74) is 2.48. The number of nitrogens with one attached hydrogen (secondary N) is 2. The molecule has 0 saturated heterocycles. The van der Waals surface area contributed by atoms with E-state index < -0.39 is 11.9 Å². The Bertz CT molecular complexity index is 1060. The number of carbonyl (C=O) groups excluding carboxylic acids is 2. The SMILES string of the molecule is COC(=O)c1cc2n[nH]c(C3CCC(CO)CC3)c2cc1NC(=O)c1ccccn1. The summed E-state index contributed by atoms with van der Waals surface area (Å²) in [7, 11) is 1.30. The number of hydrogen-bond donors (Lipinski definition) is 3. The summed E-state index contributed by atoms with van der Waals surface area (Å²) in [5, 5.41) is 20.6. The summed E-state index contributed by atoms with van der Waals surface area (Å²) in [6.07, 6.45) is 5.38. The fraction of sp³-hybridized carbons (Fsp3) is 0.364. The van der Waals surface area contributed by atoms with E-state index in [0.29, 0.717) is 23.0 Å². The summed E-state index contributed by atoms with van der Waals surface area (Å²) < 4.78 is 4.89. The highest BCUT2D eigenvalue weighted by Gasteiger charge is 2.26. The monoisotopic (exact) mass is 408 g/mol. The third kappa shape index (κ3) is 3.91. The minimum atomic E-state index is -0.554. The molecule has 3 N–H and O–H groups in total.